The van der Waals surface area contributed by atoms with Crippen LogP contribution in [0.15, 0.2) is 35.2 Å². The van der Waals surface area contributed by atoms with E-state index >= 15 is 0 Å². The van der Waals surface area contributed by atoms with Crippen LogP contribution >= 0.6 is 15.9 Å². The molecule has 1 aliphatic heterocycles. The third-order valence-electron chi connectivity index (χ3n) is 3.65. The highest BCUT2D eigenvalue weighted by Gasteiger charge is 2.29. The predicted molar refractivity (Wildman–Crippen MR) is 81.6 cm³/mol. The molecule has 4 nitrogen and oxygen atoms in total. The second kappa shape index (κ2) is 5.58. The molecule has 1 aliphatic rings. The molecule has 0 fully saturated rings. The van der Waals surface area contributed by atoms with Crippen molar-refractivity contribution in [2.24, 2.45) is 5.73 Å². The van der Waals surface area contributed by atoms with Crippen LogP contribution in [0.5, 0.6) is 5.75 Å². The third kappa shape index (κ3) is 2.47. The Balaban J connectivity index is 1.91. The highest BCUT2D eigenvalue weighted by Crippen LogP contribution is 2.40. The van der Waals surface area contributed by atoms with E-state index in [2.05, 4.69) is 32.4 Å². The van der Waals surface area contributed by atoms with Crippen molar-refractivity contribution in [3.8, 4) is 5.75 Å². The van der Waals surface area contributed by atoms with Gasteiger partial charge in [-0.3, -0.25) is 0 Å². The molecule has 0 amide bonds. The Bertz CT molecular complexity index is 611. The van der Waals surface area contributed by atoms with Crippen LogP contribution in [-0.2, 0) is 6.54 Å². The van der Waals surface area contributed by atoms with Crippen LogP contribution in [0.4, 0.5) is 0 Å². The predicted octanol–water partition coefficient (Wildman–Crippen LogP) is 3.58. The molecule has 0 radical (unpaired) electrons. The molecule has 2 heterocycles. The fourth-order valence-electron chi connectivity index (χ4n) is 2.68. The van der Waals surface area contributed by atoms with Crippen molar-refractivity contribution in [3.63, 3.8) is 0 Å². The molecular weight excluding hydrogens is 318 g/mol. The van der Waals surface area contributed by atoms with Gasteiger partial charge >= 0.3 is 0 Å². The maximum Gasteiger partial charge on any atom is 0.142 e. The fraction of sp³-hybridized carbons (Fsp3) is 0.400. The van der Waals surface area contributed by atoms with Crippen LogP contribution in [0.2, 0.25) is 0 Å². The van der Waals surface area contributed by atoms with E-state index in [-0.39, 0.29) is 12.1 Å². The zero-order valence-electron chi connectivity index (χ0n) is 11.4. The van der Waals surface area contributed by atoms with Gasteiger partial charge in [-0.15, -0.1) is 0 Å². The van der Waals surface area contributed by atoms with Crippen molar-refractivity contribution in [1.82, 2.24) is 9.55 Å². The Kier molecular flexibility index (Phi) is 3.81. The molecule has 0 spiro atoms. The minimum Gasteiger partial charge on any atom is -0.484 e. The average molecular weight is 336 g/mol. The van der Waals surface area contributed by atoms with Gasteiger partial charge in [-0.05, 0) is 24.6 Å². The number of fused-ring (bicyclic) bond motifs is 1. The Morgan fingerprint density at radius 3 is 3.15 bits per heavy atom. The van der Waals surface area contributed by atoms with Crippen LogP contribution in [0.25, 0.3) is 0 Å². The van der Waals surface area contributed by atoms with E-state index in [9.17, 15) is 0 Å². The molecule has 106 valence electrons. The highest BCUT2D eigenvalue weighted by molar-refractivity contribution is 9.10. The lowest BCUT2D eigenvalue weighted by Crippen LogP contribution is -2.25. The molecule has 0 aliphatic carbocycles. The Labute approximate surface area is 127 Å². The standard InChI is InChI=1S/C15H18BrN3O/c1-2-5-19-9-18-8-13(19)15-7-12(17)11-6-10(16)3-4-14(11)20-15/h3-4,6,8-9,12,15H,2,5,7,17H2,1H3/t12-,15?/m0/s1. The normalized spacial score (nSPS) is 21.4. The molecule has 2 atom stereocenters. The lowest BCUT2D eigenvalue weighted by molar-refractivity contribution is 0.153. The minimum atomic E-state index is -0.0206. The summed E-state index contributed by atoms with van der Waals surface area (Å²) in [5, 5.41) is 0. The minimum absolute atomic E-state index is 0.00812. The molecule has 1 aromatic heterocycles. The summed E-state index contributed by atoms with van der Waals surface area (Å²) in [5.41, 5.74) is 8.48. The number of nitrogens with zero attached hydrogens (tertiary/aromatic N) is 2. The second-order valence-electron chi connectivity index (χ2n) is 5.14. The van der Waals surface area contributed by atoms with Gasteiger partial charge in [0.25, 0.3) is 0 Å². The van der Waals surface area contributed by atoms with Gasteiger partial charge in [0.1, 0.15) is 11.9 Å². The van der Waals surface area contributed by atoms with Gasteiger partial charge in [0.15, 0.2) is 0 Å². The first kappa shape index (κ1) is 13.6. The van der Waals surface area contributed by atoms with Crippen LogP contribution < -0.4 is 10.5 Å². The Hall–Kier alpha value is -1.33. The van der Waals surface area contributed by atoms with Crippen molar-refractivity contribution in [2.45, 2.75) is 38.5 Å². The first-order chi connectivity index (χ1) is 9.69. The van der Waals surface area contributed by atoms with Crippen molar-refractivity contribution in [3.05, 3.63) is 46.5 Å². The SMILES string of the molecule is CCCn1cncc1C1C[C@H](N)c2cc(Br)ccc2O1. The largest absolute Gasteiger partial charge is 0.484 e. The highest BCUT2D eigenvalue weighted by atomic mass is 79.9. The van der Waals surface area contributed by atoms with Crippen molar-refractivity contribution in [1.29, 1.82) is 0 Å². The topological polar surface area (TPSA) is 53.1 Å². The van der Waals surface area contributed by atoms with E-state index < -0.39 is 0 Å². The molecule has 20 heavy (non-hydrogen) atoms. The second-order valence-corrected chi connectivity index (χ2v) is 6.06. The maximum absolute atomic E-state index is 6.31. The average Bonchev–Trinajstić information content (AvgIpc) is 2.88. The summed E-state index contributed by atoms with van der Waals surface area (Å²) in [6.45, 7) is 3.11. The molecule has 5 heteroatoms. The molecule has 0 saturated heterocycles. The number of ether oxygens (including phenoxy) is 1. The van der Waals surface area contributed by atoms with Gasteiger partial charge < -0.3 is 15.0 Å². The summed E-state index contributed by atoms with van der Waals surface area (Å²) in [6.07, 6.45) is 5.58. The number of hydrogen-bond donors (Lipinski definition) is 1. The zero-order valence-corrected chi connectivity index (χ0v) is 13.0. The number of rotatable bonds is 3. The summed E-state index contributed by atoms with van der Waals surface area (Å²) >= 11 is 3.48. The zero-order chi connectivity index (χ0) is 14.1. The molecule has 2 N–H and O–H groups in total. The van der Waals surface area contributed by atoms with E-state index in [0.717, 1.165) is 40.9 Å². The number of aryl methyl sites for hydroxylation is 1. The van der Waals surface area contributed by atoms with Crippen molar-refractivity contribution in [2.75, 3.05) is 0 Å². The smallest absolute Gasteiger partial charge is 0.142 e. The molecule has 0 saturated carbocycles. The van der Waals surface area contributed by atoms with E-state index in [1.54, 1.807) is 0 Å². The van der Waals surface area contributed by atoms with Crippen LogP contribution in [-0.4, -0.2) is 9.55 Å². The van der Waals surface area contributed by atoms with Crippen molar-refractivity contribution < 1.29 is 4.74 Å². The van der Waals surface area contributed by atoms with Gasteiger partial charge in [0.05, 0.1) is 18.2 Å². The number of imidazole rings is 1. The maximum atomic E-state index is 6.31. The Morgan fingerprint density at radius 1 is 1.50 bits per heavy atom. The van der Waals surface area contributed by atoms with E-state index in [1.807, 2.05) is 30.7 Å². The first-order valence-electron chi connectivity index (χ1n) is 6.90. The van der Waals surface area contributed by atoms with Gasteiger partial charge in [-0.25, -0.2) is 4.98 Å². The molecule has 0 bridgehead atoms. The quantitative estimate of drug-likeness (QED) is 0.932. The lowest BCUT2D eigenvalue weighted by Gasteiger charge is -2.30. The number of halogens is 1. The number of benzene rings is 1. The van der Waals surface area contributed by atoms with Crippen LogP contribution in [0.3, 0.4) is 0 Å². The summed E-state index contributed by atoms with van der Waals surface area (Å²) in [5.74, 6) is 0.876. The monoisotopic (exact) mass is 335 g/mol. The Morgan fingerprint density at radius 2 is 2.35 bits per heavy atom. The molecular formula is C15H18BrN3O. The molecule has 3 rings (SSSR count). The molecule has 1 unspecified atom stereocenters. The van der Waals surface area contributed by atoms with E-state index in [1.165, 1.54) is 0 Å². The van der Waals surface area contributed by atoms with E-state index in [0.29, 0.717) is 0 Å². The van der Waals surface area contributed by atoms with Gasteiger partial charge in [0.2, 0.25) is 0 Å². The van der Waals surface area contributed by atoms with Gasteiger partial charge in [-0.1, -0.05) is 22.9 Å². The molecule has 1 aromatic carbocycles. The summed E-state index contributed by atoms with van der Waals surface area (Å²) < 4.78 is 9.31. The summed E-state index contributed by atoms with van der Waals surface area (Å²) in [6, 6.07) is 5.99. The number of aromatic nitrogens is 2. The van der Waals surface area contributed by atoms with Gasteiger partial charge in [-0.2, -0.15) is 0 Å². The van der Waals surface area contributed by atoms with E-state index in [4.69, 9.17) is 10.5 Å². The van der Waals surface area contributed by atoms with Crippen LogP contribution in [0, 0.1) is 0 Å². The molecule has 2 aromatic rings. The fourth-order valence-corrected chi connectivity index (χ4v) is 3.06. The number of hydrogen-bond acceptors (Lipinski definition) is 3. The van der Waals surface area contributed by atoms with Gasteiger partial charge in [0, 0.05) is 29.0 Å². The third-order valence-corrected chi connectivity index (χ3v) is 4.14. The summed E-state index contributed by atoms with van der Waals surface area (Å²) in [7, 11) is 0. The summed E-state index contributed by atoms with van der Waals surface area (Å²) in [4.78, 5) is 4.25. The number of nitrogens with two attached hydrogens (primary N) is 1. The van der Waals surface area contributed by atoms with Crippen molar-refractivity contribution >= 4 is 15.9 Å². The van der Waals surface area contributed by atoms with Crippen LogP contribution in [0.1, 0.15) is 43.2 Å². The first-order valence-corrected chi connectivity index (χ1v) is 7.70. The lowest BCUT2D eigenvalue weighted by atomic mass is 9.96.